The van der Waals surface area contributed by atoms with Crippen molar-refractivity contribution < 1.29 is 33.8 Å². The fourth-order valence-corrected chi connectivity index (χ4v) is 3.76. The van der Waals surface area contributed by atoms with E-state index in [1.807, 2.05) is 12.1 Å². The number of likely N-dealkylation sites (N-methyl/N-ethyl adjacent to an activating group) is 1. The molecular weight excluding hydrogens is 454 g/mol. The number of methoxy groups -OCH3 is 2. The van der Waals surface area contributed by atoms with Gasteiger partial charge in [0.05, 0.1) is 20.6 Å². The summed E-state index contributed by atoms with van der Waals surface area (Å²) in [5.41, 5.74) is 2.06. The van der Waals surface area contributed by atoms with Gasteiger partial charge in [-0.3, -0.25) is 19.3 Å². The number of ether oxygens (including phenoxy) is 2. The Morgan fingerprint density at radius 3 is 2.40 bits per heavy atom. The maximum absolute atomic E-state index is 13.2. The van der Waals surface area contributed by atoms with Gasteiger partial charge in [-0.25, -0.2) is 4.79 Å². The van der Waals surface area contributed by atoms with E-state index in [0.29, 0.717) is 28.3 Å². The Hall–Kier alpha value is -4.34. The van der Waals surface area contributed by atoms with Crippen LogP contribution >= 0.6 is 0 Å². The molecule has 1 heterocycles. The van der Waals surface area contributed by atoms with Gasteiger partial charge in [0.25, 0.3) is 5.91 Å². The van der Waals surface area contributed by atoms with Gasteiger partial charge in [-0.1, -0.05) is 18.2 Å². The molecule has 1 atom stereocenters. The number of anilines is 1. The Morgan fingerprint density at radius 2 is 1.74 bits per heavy atom. The molecule has 3 rings (SSSR count). The van der Waals surface area contributed by atoms with Crippen molar-refractivity contribution in [1.82, 2.24) is 10.2 Å². The molecule has 0 saturated heterocycles. The quantitative estimate of drug-likeness (QED) is 0.555. The van der Waals surface area contributed by atoms with Crippen LogP contribution in [0.3, 0.4) is 0 Å². The molecule has 1 aliphatic rings. The van der Waals surface area contributed by atoms with Gasteiger partial charge < -0.3 is 24.8 Å². The molecule has 2 N–H and O–H groups in total. The van der Waals surface area contributed by atoms with Crippen molar-refractivity contribution in [3.05, 3.63) is 54.2 Å². The Balaban J connectivity index is 2.06. The zero-order valence-electron chi connectivity index (χ0n) is 19.9. The first-order chi connectivity index (χ1) is 16.7. The molecule has 2 aromatic rings. The summed E-state index contributed by atoms with van der Waals surface area (Å²) in [7, 11) is 4.56. The van der Waals surface area contributed by atoms with E-state index in [4.69, 9.17) is 14.6 Å². The van der Waals surface area contributed by atoms with Crippen molar-refractivity contribution in [2.75, 3.05) is 32.7 Å². The summed E-state index contributed by atoms with van der Waals surface area (Å²) in [4.78, 5) is 52.5. The predicted molar refractivity (Wildman–Crippen MR) is 128 cm³/mol. The molecule has 10 heteroatoms. The Labute approximate surface area is 202 Å². The average Bonchev–Trinajstić information content (AvgIpc) is 2.84. The lowest BCUT2D eigenvalue weighted by atomic mass is 9.98. The van der Waals surface area contributed by atoms with E-state index >= 15 is 0 Å². The SMILES string of the molecule is COc1ccc(-c2cccc(N(C(=O)NCCC(=O)O)C3C(=O)C(C)=CN(C)C3=O)c2)cc1OC. The third-order valence-corrected chi connectivity index (χ3v) is 5.54. The number of carboxylic acid groups (broad SMARTS) is 1. The maximum atomic E-state index is 13.2. The molecule has 35 heavy (non-hydrogen) atoms. The molecule has 0 saturated carbocycles. The van der Waals surface area contributed by atoms with E-state index in [0.717, 1.165) is 10.5 Å². The first kappa shape index (κ1) is 25.3. The smallest absolute Gasteiger partial charge is 0.323 e. The van der Waals surface area contributed by atoms with Crippen LogP contribution < -0.4 is 19.7 Å². The van der Waals surface area contributed by atoms with E-state index in [1.165, 1.54) is 32.4 Å². The highest BCUT2D eigenvalue weighted by atomic mass is 16.5. The minimum absolute atomic E-state index is 0.167. The van der Waals surface area contributed by atoms with Crippen LogP contribution in [0.4, 0.5) is 10.5 Å². The number of aliphatic carboxylic acids is 1. The van der Waals surface area contributed by atoms with Gasteiger partial charge in [-0.05, 0) is 42.3 Å². The van der Waals surface area contributed by atoms with Gasteiger partial charge >= 0.3 is 12.0 Å². The molecule has 184 valence electrons. The lowest BCUT2D eigenvalue weighted by Gasteiger charge is -2.34. The number of carboxylic acids is 1. The number of ketones is 1. The lowest BCUT2D eigenvalue weighted by molar-refractivity contribution is -0.137. The van der Waals surface area contributed by atoms with Crippen molar-refractivity contribution in [2.24, 2.45) is 0 Å². The number of rotatable bonds is 8. The van der Waals surface area contributed by atoms with Crippen molar-refractivity contribution >= 4 is 29.4 Å². The Kier molecular flexibility index (Phi) is 7.75. The molecule has 0 fully saturated rings. The molecule has 0 aliphatic carbocycles. The van der Waals surface area contributed by atoms with Gasteiger partial charge in [0.2, 0.25) is 0 Å². The number of carbonyl (C=O) groups excluding carboxylic acids is 3. The summed E-state index contributed by atoms with van der Waals surface area (Å²) < 4.78 is 10.7. The summed E-state index contributed by atoms with van der Waals surface area (Å²) in [5, 5.41) is 11.4. The highest BCUT2D eigenvalue weighted by Crippen LogP contribution is 2.34. The third-order valence-electron chi connectivity index (χ3n) is 5.54. The summed E-state index contributed by atoms with van der Waals surface area (Å²) in [6.07, 6.45) is 1.11. The second-order valence-corrected chi connectivity index (χ2v) is 7.89. The Morgan fingerprint density at radius 1 is 1.06 bits per heavy atom. The normalized spacial score (nSPS) is 15.4. The summed E-state index contributed by atoms with van der Waals surface area (Å²) in [6.45, 7) is 1.40. The predicted octanol–water partition coefficient (Wildman–Crippen LogP) is 2.68. The van der Waals surface area contributed by atoms with E-state index < -0.39 is 29.7 Å². The van der Waals surface area contributed by atoms with E-state index in [-0.39, 0.29) is 13.0 Å². The number of hydrogen-bond acceptors (Lipinski definition) is 6. The second kappa shape index (κ2) is 10.7. The molecule has 1 aliphatic heterocycles. The van der Waals surface area contributed by atoms with Gasteiger partial charge in [0.15, 0.2) is 23.3 Å². The van der Waals surface area contributed by atoms with E-state index in [1.54, 1.807) is 37.3 Å². The molecule has 0 aromatic heterocycles. The largest absolute Gasteiger partial charge is 0.493 e. The minimum atomic E-state index is -1.43. The van der Waals surface area contributed by atoms with Crippen LogP contribution in [-0.4, -0.2) is 67.6 Å². The summed E-state index contributed by atoms with van der Waals surface area (Å²) in [6, 6.07) is 9.93. The van der Waals surface area contributed by atoms with Crippen LogP contribution in [0.2, 0.25) is 0 Å². The molecule has 3 amide bonds. The number of nitrogens with zero attached hydrogens (tertiary/aromatic N) is 2. The molecule has 1 unspecified atom stereocenters. The molecule has 0 bridgehead atoms. The van der Waals surface area contributed by atoms with Crippen LogP contribution in [0, 0.1) is 0 Å². The zero-order valence-corrected chi connectivity index (χ0v) is 19.9. The maximum Gasteiger partial charge on any atom is 0.323 e. The number of carbonyl (C=O) groups is 4. The number of urea groups is 1. The van der Waals surface area contributed by atoms with Gasteiger partial charge in [-0.2, -0.15) is 0 Å². The van der Waals surface area contributed by atoms with Gasteiger partial charge in [0.1, 0.15) is 0 Å². The Bertz CT molecular complexity index is 1190. The first-order valence-corrected chi connectivity index (χ1v) is 10.8. The minimum Gasteiger partial charge on any atom is -0.493 e. The summed E-state index contributed by atoms with van der Waals surface area (Å²) in [5.74, 6) is -1.12. The van der Waals surface area contributed by atoms with Crippen LogP contribution in [0.5, 0.6) is 11.5 Å². The molecule has 0 spiro atoms. The fraction of sp³-hybridized carbons (Fsp3) is 0.280. The first-order valence-electron chi connectivity index (χ1n) is 10.8. The van der Waals surface area contributed by atoms with Crippen molar-refractivity contribution in [1.29, 1.82) is 0 Å². The lowest BCUT2D eigenvalue weighted by Crippen LogP contribution is -2.58. The van der Waals surface area contributed by atoms with Crippen LogP contribution in [0.1, 0.15) is 13.3 Å². The third kappa shape index (κ3) is 5.43. The number of nitrogens with one attached hydrogen (secondary N) is 1. The molecule has 10 nitrogen and oxygen atoms in total. The van der Waals surface area contributed by atoms with Crippen LogP contribution in [0.15, 0.2) is 54.2 Å². The summed E-state index contributed by atoms with van der Waals surface area (Å²) >= 11 is 0. The molecular formula is C25H27N3O7. The van der Waals surface area contributed by atoms with Crippen molar-refractivity contribution in [2.45, 2.75) is 19.4 Å². The van der Waals surface area contributed by atoms with Crippen LogP contribution in [0.25, 0.3) is 11.1 Å². The van der Waals surface area contributed by atoms with Gasteiger partial charge in [-0.15, -0.1) is 0 Å². The van der Waals surface area contributed by atoms with Crippen LogP contribution in [-0.2, 0) is 14.4 Å². The van der Waals surface area contributed by atoms with Crippen molar-refractivity contribution in [3.63, 3.8) is 0 Å². The zero-order chi connectivity index (χ0) is 25.7. The number of benzene rings is 2. The molecule has 2 aromatic carbocycles. The highest BCUT2D eigenvalue weighted by Gasteiger charge is 2.41. The molecule has 0 radical (unpaired) electrons. The number of Topliss-reactive ketones (excluding diaryl/α,β-unsaturated/α-hetero) is 1. The standard InChI is InChI=1S/C25H27N3O7/c1-15-14-27(2)24(32)22(23(15)31)28(25(33)26-11-10-21(29)30)18-7-5-6-16(12-18)17-8-9-19(34-3)20(13-17)35-4/h5-9,12-14,22H,10-11H2,1-4H3,(H,26,33)(H,29,30). The fourth-order valence-electron chi connectivity index (χ4n) is 3.76. The number of hydrogen-bond donors (Lipinski definition) is 2. The van der Waals surface area contributed by atoms with Gasteiger partial charge in [0, 0.05) is 31.1 Å². The van der Waals surface area contributed by atoms with E-state index in [2.05, 4.69) is 5.32 Å². The monoisotopic (exact) mass is 481 g/mol. The number of amides is 3. The van der Waals surface area contributed by atoms with Crippen molar-refractivity contribution in [3.8, 4) is 22.6 Å². The topological polar surface area (TPSA) is 125 Å². The average molecular weight is 482 g/mol. The highest BCUT2D eigenvalue weighted by molar-refractivity contribution is 6.21. The van der Waals surface area contributed by atoms with E-state index in [9.17, 15) is 19.2 Å². The second-order valence-electron chi connectivity index (χ2n) is 7.89.